The summed E-state index contributed by atoms with van der Waals surface area (Å²) in [6.07, 6.45) is 26.0. The highest BCUT2D eigenvalue weighted by atomic mass is 32.1. The molecule has 35 heteroatoms. The second kappa shape index (κ2) is 38.7. The summed E-state index contributed by atoms with van der Waals surface area (Å²) < 4.78 is 44.4. The molecule has 8 fully saturated rings. The second-order valence-corrected chi connectivity index (χ2v) is 43.4. The van der Waals surface area contributed by atoms with Gasteiger partial charge in [0.05, 0.1) is 95.9 Å². The number of likely N-dealkylation sites (tertiary alicyclic amines) is 4. The number of hydrogen-bond acceptors (Lipinski definition) is 19. The molecule has 29 nitrogen and oxygen atoms in total. The number of hydrogen-bond donors (Lipinski definition) is 6. The standard InChI is InChI=1S/C28H26F2N4O4S.2C27H27N5O2S.C27H25N5O2S/c1-2-24(36)33-10-9-27(15-33)13-18(14-27)34-20-6-5-17(28(29,30)16-35)12-19(20)31-26(34)32-25(37)23-8-7-22(39-23)21-4-3-11-38-21;1-3-24(33)31-14-12-27(17-31)15-18(16-27)32-20-8-5-4-7-19(20)28-26(32)29-25(34)23-11-10-22(35-23)21-9-6-13-30(21)2;1-3-24(33)31-11-10-27(16-31)12-18(13-27)32-21-7-5-4-6-20(21)29-26(32)30-25(34)23-9-8-22(35-23)19-15-28-14-17(19)2;1-2-24(33)31-14-12-27(17-31)15-18(16-27)32-21-9-4-3-7-19(21)29-26(32)30-25(34)23-11-10-22(35-23)20-8-5-6-13-28-20/h2-8,11-12,18,35H,1,9-10,13-16H2,(H,31,32,37);3-11,13,18H,1,12,14-17H2,2H3,(H,28,29,34);3-9,14-15,18,28H,1,10-13,16H2,2H3,(H,29,30,34);2-11,13,18H,1,12,14-17H2,(H,29,30,34). The fourth-order valence-corrected chi connectivity index (χ4v) is 26.3. The highest BCUT2D eigenvalue weighted by molar-refractivity contribution is 7.18. The number of rotatable bonds is 22. The van der Waals surface area contributed by atoms with Crippen LogP contribution in [0.15, 0.2) is 268 Å². The lowest BCUT2D eigenvalue weighted by atomic mass is 9.64. The summed E-state index contributed by atoms with van der Waals surface area (Å²) in [6, 6.07) is 57.1. The van der Waals surface area contributed by atoms with Crippen LogP contribution in [0.3, 0.4) is 0 Å². The van der Waals surface area contributed by atoms with Gasteiger partial charge in [0.2, 0.25) is 47.4 Å². The second-order valence-electron chi connectivity index (χ2n) is 39.1. The number of thiophene rings is 4. The van der Waals surface area contributed by atoms with Crippen molar-refractivity contribution in [2.24, 2.45) is 28.7 Å². The number of fused-ring (bicyclic) bond motifs is 4. The van der Waals surface area contributed by atoms with Gasteiger partial charge < -0.3 is 56.9 Å². The molecule has 0 atom stereocenters. The van der Waals surface area contributed by atoms with Crippen molar-refractivity contribution in [3.8, 4) is 42.2 Å². The van der Waals surface area contributed by atoms with Crippen molar-refractivity contribution >= 4 is 161 Å². The largest absolute Gasteiger partial charge is 0.464 e. The number of nitrogens with one attached hydrogen (secondary N) is 5. The Morgan fingerprint density at radius 3 is 1.19 bits per heavy atom. The third-order valence-electron chi connectivity index (χ3n) is 29.9. The molecule has 4 saturated carbocycles. The lowest BCUT2D eigenvalue weighted by Gasteiger charge is -2.46. The predicted molar refractivity (Wildman–Crippen MR) is 557 cm³/mol. The zero-order chi connectivity index (χ0) is 99.7. The highest BCUT2D eigenvalue weighted by Gasteiger charge is 2.55. The van der Waals surface area contributed by atoms with E-state index < -0.39 is 12.5 Å². The lowest BCUT2D eigenvalue weighted by Crippen LogP contribution is -2.42. The number of halogens is 2. The van der Waals surface area contributed by atoms with Gasteiger partial charge in [-0.1, -0.05) is 74.8 Å². The fourth-order valence-electron chi connectivity index (χ4n) is 22.6. The van der Waals surface area contributed by atoms with E-state index in [2.05, 4.69) is 101 Å². The zero-order valence-corrected chi connectivity index (χ0v) is 82.5. The van der Waals surface area contributed by atoms with Gasteiger partial charge in [0, 0.05) is 124 Å². The van der Waals surface area contributed by atoms with Gasteiger partial charge in [0.15, 0.2) is 0 Å². The number of aliphatic hydroxyl groups excluding tert-OH is 1. The predicted octanol–water partition coefficient (Wildman–Crippen LogP) is 21.1. The normalized spacial score (nSPS) is 21.2. The Morgan fingerprint density at radius 2 is 0.819 bits per heavy atom. The number of aromatic amines is 1. The summed E-state index contributed by atoms with van der Waals surface area (Å²) >= 11 is 5.65. The van der Waals surface area contributed by atoms with Gasteiger partial charge in [-0.05, 0) is 269 Å². The molecule has 16 aromatic rings. The molecular weight excluding hydrogens is 1900 g/mol. The monoisotopic (exact) mass is 2010 g/mol. The Balaban J connectivity index is 0.000000113. The molecule has 24 rings (SSSR count). The number of imidazole rings is 4. The Hall–Kier alpha value is -14.9. The van der Waals surface area contributed by atoms with E-state index in [9.17, 15) is 47.1 Å². The summed E-state index contributed by atoms with van der Waals surface area (Å²) in [7, 11) is 2.00. The first-order valence-corrected chi connectivity index (χ1v) is 51.4. The van der Waals surface area contributed by atoms with Crippen LogP contribution in [0.25, 0.3) is 86.4 Å². The topological polar surface area (TPSA) is 336 Å². The molecule has 0 unspecified atom stereocenters. The van der Waals surface area contributed by atoms with Crippen molar-refractivity contribution in [1.29, 1.82) is 0 Å². The van der Waals surface area contributed by atoms with Crippen LogP contribution in [0.4, 0.5) is 32.6 Å². The van der Waals surface area contributed by atoms with Crippen LogP contribution in [-0.2, 0) is 32.1 Å². The Morgan fingerprint density at radius 1 is 0.444 bits per heavy atom. The molecule has 6 N–H and O–H groups in total. The van der Waals surface area contributed by atoms with Crippen LogP contribution in [0.5, 0.6) is 0 Å². The smallest absolute Gasteiger partial charge is 0.295 e. The van der Waals surface area contributed by atoms with Crippen LogP contribution in [0, 0.1) is 28.6 Å². The molecule has 734 valence electrons. The Bertz CT molecular complexity index is 7490. The maximum absolute atomic E-state index is 14.2. The number of aromatic nitrogens is 11. The van der Waals surface area contributed by atoms with Crippen LogP contribution < -0.4 is 21.3 Å². The third kappa shape index (κ3) is 18.4. The number of alkyl halides is 2. The van der Waals surface area contributed by atoms with Crippen LogP contribution in [-0.4, -0.2) is 184 Å². The number of nitrogens with zero attached hydrogens (tertiary/aromatic N) is 14. The number of amides is 8. The minimum Gasteiger partial charge on any atom is -0.464 e. The molecule has 4 aromatic carbocycles. The average molecular weight is 2010 g/mol. The molecule has 0 bridgehead atoms. The van der Waals surface area contributed by atoms with Gasteiger partial charge in [-0.2, -0.15) is 8.78 Å². The summed E-state index contributed by atoms with van der Waals surface area (Å²) in [6.45, 7) is 21.2. The molecule has 4 aliphatic heterocycles. The summed E-state index contributed by atoms with van der Waals surface area (Å²) in [5.74, 6) is -1.64. The zero-order valence-electron chi connectivity index (χ0n) is 79.3. The molecule has 0 radical (unpaired) electrons. The van der Waals surface area contributed by atoms with Crippen molar-refractivity contribution in [3.05, 3.63) is 294 Å². The van der Waals surface area contributed by atoms with Crippen molar-refractivity contribution in [2.45, 2.75) is 114 Å². The number of aryl methyl sites for hydroxylation is 2. The van der Waals surface area contributed by atoms with E-state index in [4.69, 9.17) is 24.5 Å². The van der Waals surface area contributed by atoms with Gasteiger partial charge >= 0.3 is 0 Å². The number of para-hydroxylation sites is 6. The number of H-pyrrole nitrogens is 1. The quantitative estimate of drug-likeness (QED) is 0.0344. The van der Waals surface area contributed by atoms with E-state index in [-0.39, 0.29) is 105 Å². The first-order chi connectivity index (χ1) is 69.7. The lowest BCUT2D eigenvalue weighted by molar-refractivity contribution is -0.126. The van der Waals surface area contributed by atoms with Gasteiger partial charge in [0.25, 0.3) is 29.6 Å². The van der Waals surface area contributed by atoms with E-state index in [1.807, 2.05) is 177 Å². The van der Waals surface area contributed by atoms with Crippen molar-refractivity contribution in [1.82, 2.24) is 72.3 Å². The van der Waals surface area contributed by atoms with E-state index in [1.54, 1.807) is 41.6 Å². The number of benzene rings is 4. The number of aliphatic hydroxyl groups is 1. The first kappa shape index (κ1) is 95.3. The number of anilines is 4. The van der Waals surface area contributed by atoms with E-state index in [0.717, 1.165) is 191 Å². The van der Waals surface area contributed by atoms with Crippen LogP contribution >= 0.6 is 45.3 Å². The van der Waals surface area contributed by atoms with Gasteiger partial charge in [-0.25, -0.2) is 19.9 Å². The molecule has 144 heavy (non-hydrogen) atoms. The van der Waals surface area contributed by atoms with E-state index >= 15 is 0 Å². The number of pyridine rings is 1. The van der Waals surface area contributed by atoms with Crippen LogP contribution in [0.2, 0.25) is 0 Å². The maximum Gasteiger partial charge on any atom is 0.295 e. The molecule has 4 spiro atoms. The Labute approximate surface area is 843 Å². The maximum atomic E-state index is 14.2. The minimum absolute atomic E-state index is 0.00683. The number of carbonyl (C=O) groups is 8. The molecule has 8 aliphatic rings. The molecular formula is C109H105F2N19O10S4. The number of carbonyl (C=O) groups excluding carboxylic acids is 8. The fraction of sp³-hybridized carbons (Fsp3) is 0.294. The minimum atomic E-state index is -3.41. The third-order valence-corrected chi connectivity index (χ3v) is 34.4. The molecule has 16 heterocycles. The molecule has 8 amide bonds. The summed E-state index contributed by atoms with van der Waals surface area (Å²) in [5.41, 5.74) is 10.8. The van der Waals surface area contributed by atoms with E-state index in [1.165, 1.54) is 81.8 Å². The highest BCUT2D eigenvalue weighted by Crippen LogP contribution is 2.60. The van der Waals surface area contributed by atoms with E-state index in [0.29, 0.717) is 67.2 Å². The molecule has 4 saturated heterocycles. The van der Waals surface area contributed by atoms with Crippen LogP contribution in [0.1, 0.15) is 151 Å². The van der Waals surface area contributed by atoms with Crippen molar-refractivity contribution in [2.75, 3.05) is 80.2 Å². The van der Waals surface area contributed by atoms with Gasteiger partial charge in [-0.3, -0.25) is 64.6 Å². The summed E-state index contributed by atoms with van der Waals surface area (Å²) in [4.78, 5) is 141. The van der Waals surface area contributed by atoms with Crippen molar-refractivity contribution in [3.63, 3.8) is 0 Å². The molecule has 12 aromatic heterocycles. The SMILES string of the molecule is C=CC(=O)N1CCC2(CC(n3c(NC(=O)c4ccc(-c5c[nH]cc5C)s4)nc4ccccc43)C2)C1.C=CC(=O)N1CCC2(CC(n3c(NC(=O)c4ccc(-c5ccccn5)s4)nc4ccccc43)C2)C1.C=CC(=O)N1CCC2(CC(n3c(NC(=O)c4ccc(-c5cccn5C)s4)nc4ccccc43)C2)C1.C=CC(=O)N1CCC2(CC(n3c(NC(=O)c4ccc(-c5ccco5)s4)nc4cc(C(F)(F)CO)ccc43)C2)C1. The van der Waals surface area contributed by atoms with Crippen molar-refractivity contribution < 1.29 is 56.7 Å². The first-order valence-electron chi connectivity index (χ1n) is 48.1. The number of furan rings is 1. The molecule has 4 aliphatic carbocycles. The van der Waals surface area contributed by atoms with Gasteiger partial charge in [-0.15, -0.1) is 45.3 Å². The Kier molecular flexibility index (Phi) is 25.6. The average Bonchev–Trinajstić information content (AvgIpc) is 1.58. The van der Waals surface area contributed by atoms with Gasteiger partial charge in [0.1, 0.15) is 12.4 Å². The summed E-state index contributed by atoms with van der Waals surface area (Å²) in [5, 5.41) is 21.3.